The number of thiazole rings is 1. The predicted octanol–water partition coefficient (Wildman–Crippen LogP) is 3.54. The Labute approximate surface area is 183 Å². The number of piperidine rings is 1. The first-order valence-electron chi connectivity index (χ1n) is 10.6. The maximum absolute atomic E-state index is 13.0. The third-order valence-electron chi connectivity index (χ3n) is 5.46. The molecule has 162 valence electrons. The average Bonchev–Trinajstić information content (AvgIpc) is 3.22. The molecule has 6 nitrogen and oxygen atoms in total. The van der Waals surface area contributed by atoms with Crippen LogP contribution in [0.5, 0.6) is 0 Å². The number of hydrogen-bond acceptors (Lipinski definition) is 5. The second kappa shape index (κ2) is 10.1. The number of benzene rings is 1. The van der Waals surface area contributed by atoms with Gasteiger partial charge in [0.25, 0.3) is 5.91 Å². The summed E-state index contributed by atoms with van der Waals surface area (Å²) in [4.78, 5) is 33.4. The number of amides is 2. The molecule has 30 heavy (non-hydrogen) atoms. The number of nitrogens with one attached hydrogen (secondary N) is 1. The summed E-state index contributed by atoms with van der Waals surface area (Å²) in [5.74, 6) is 0.456. The second-order valence-electron chi connectivity index (χ2n) is 8.40. The first-order valence-corrected chi connectivity index (χ1v) is 11.5. The van der Waals surface area contributed by atoms with Crippen molar-refractivity contribution in [2.75, 3.05) is 38.6 Å². The van der Waals surface area contributed by atoms with E-state index in [9.17, 15) is 9.59 Å². The summed E-state index contributed by atoms with van der Waals surface area (Å²) in [6.45, 7) is 5.90. The molecule has 1 aromatic carbocycles. The van der Waals surface area contributed by atoms with Crippen LogP contribution in [0.4, 0.5) is 5.69 Å². The van der Waals surface area contributed by atoms with E-state index in [4.69, 9.17) is 4.98 Å². The van der Waals surface area contributed by atoms with Crippen molar-refractivity contribution < 1.29 is 9.59 Å². The Hall–Kier alpha value is -2.41. The molecule has 2 heterocycles. The lowest BCUT2D eigenvalue weighted by Gasteiger charge is -2.32. The maximum atomic E-state index is 13.0. The lowest BCUT2D eigenvalue weighted by atomic mass is 9.98. The quantitative estimate of drug-likeness (QED) is 0.733. The summed E-state index contributed by atoms with van der Waals surface area (Å²) in [7, 11) is 3.99. The van der Waals surface area contributed by atoms with Gasteiger partial charge in [0.15, 0.2) is 0 Å². The Morgan fingerprint density at radius 2 is 2.00 bits per heavy atom. The number of rotatable bonds is 7. The lowest BCUT2D eigenvalue weighted by molar-refractivity contribution is -0.123. The van der Waals surface area contributed by atoms with Crippen molar-refractivity contribution in [1.29, 1.82) is 0 Å². The molecule has 1 fully saturated rings. The molecule has 2 amide bonds. The highest BCUT2D eigenvalue weighted by molar-refractivity contribution is 7.09. The zero-order valence-electron chi connectivity index (χ0n) is 18.4. The zero-order valence-corrected chi connectivity index (χ0v) is 19.2. The largest absolute Gasteiger partial charge is 0.378 e. The fourth-order valence-electron chi connectivity index (χ4n) is 3.59. The van der Waals surface area contributed by atoms with Gasteiger partial charge in [0.1, 0.15) is 0 Å². The van der Waals surface area contributed by atoms with Crippen molar-refractivity contribution in [3.63, 3.8) is 0 Å². The van der Waals surface area contributed by atoms with Crippen LogP contribution in [0.1, 0.15) is 53.7 Å². The van der Waals surface area contributed by atoms with Crippen LogP contribution in [0.2, 0.25) is 0 Å². The Kier molecular flexibility index (Phi) is 7.48. The second-order valence-corrected chi connectivity index (χ2v) is 9.29. The van der Waals surface area contributed by atoms with E-state index in [1.807, 2.05) is 62.0 Å². The molecule has 7 heteroatoms. The Balaban J connectivity index is 1.57. The van der Waals surface area contributed by atoms with Gasteiger partial charge in [-0.15, -0.1) is 11.3 Å². The fourth-order valence-corrected chi connectivity index (χ4v) is 4.57. The van der Waals surface area contributed by atoms with E-state index in [-0.39, 0.29) is 23.7 Å². The normalized spacial score (nSPS) is 16.6. The number of hydrogen-bond donors (Lipinski definition) is 1. The van der Waals surface area contributed by atoms with E-state index < -0.39 is 0 Å². The highest BCUT2D eigenvalue weighted by Crippen LogP contribution is 2.30. The van der Waals surface area contributed by atoms with Crippen LogP contribution in [0.25, 0.3) is 0 Å². The first-order chi connectivity index (χ1) is 14.3. The number of likely N-dealkylation sites (tertiary alicyclic amines) is 1. The third-order valence-corrected chi connectivity index (χ3v) is 6.52. The van der Waals surface area contributed by atoms with E-state index in [0.29, 0.717) is 13.1 Å². The van der Waals surface area contributed by atoms with Gasteiger partial charge in [-0.2, -0.15) is 0 Å². The molecule has 0 aliphatic carbocycles. The molecule has 0 spiro atoms. The standard InChI is InChI=1S/C23H32N4O2S/c1-16(2)21(28)24-12-11-19-15-30-22(25-19)18-6-5-13-27(14-18)23(29)17-7-9-20(10-8-17)26(3)4/h7-10,15-16,18H,5-6,11-14H2,1-4H3,(H,24,28)/t18-/m0/s1. The van der Waals surface area contributed by atoms with Crippen molar-refractivity contribution >= 4 is 28.8 Å². The number of anilines is 1. The molecule has 2 aromatic rings. The van der Waals surface area contributed by atoms with Crippen molar-refractivity contribution in [3.8, 4) is 0 Å². The SMILES string of the molecule is CC(C)C(=O)NCCc1csc([C@H]2CCCN(C(=O)c3ccc(N(C)C)cc3)C2)n1. The molecule has 1 aliphatic rings. The van der Waals surface area contributed by atoms with Crippen LogP contribution < -0.4 is 10.2 Å². The molecular weight excluding hydrogens is 396 g/mol. The monoisotopic (exact) mass is 428 g/mol. The number of carbonyl (C=O) groups is 2. The van der Waals surface area contributed by atoms with Crippen LogP contribution in [0.15, 0.2) is 29.6 Å². The van der Waals surface area contributed by atoms with Crippen molar-refractivity contribution in [3.05, 3.63) is 45.9 Å². The minimum atomic E-state index is 0.000777. The van der Waals surface area contributed by atoms with Gasteiger partial charge >= 0.3 is 0 Å². The van der Waals surface area contributed by atoms with Crippen LogP contribution >= 0.6 is 11.3 Å². The van der Waals surface area contributed by atoms with E-state index in [1.165, 1.54) is 0 Å². The Morgan fingerprint density at radius 3 is 2.67 bits per heavy atom. The summed E-state index contributed by atoms with van der Waals surface area (Å²) >= 11 is 1.67. The summed E-state index contributed by atoms with van der Waals surface area (Å²) in [6.07, 6.45) is 2.79. The van der Waals surface area contributed by atoms with E-state index in [2.05, 4.69) is 10.7 Å². The van der Waals surface area contributed by atoms with E-state index >= 15 is 0 Å². The summed E-state index contributed by atoms with van der Waals surface area (Å²) in [5, 5.41) is 6.12. The zero-order chi connectivity index (χ0) is 21.7. The molecule has 0 bridgehead atoms. The molecule has 0 unspecified atom stereocenters. The Bertz CT molecular complexity index is 860. The highest BCUT2D eigenvalue weighted by atomic mass is 32.1. The minimum Gasteiger partial charge on any atom is -0.378 e. The van der Waals surface area contributed by atoms with Gasteiger partial charge in [-0.05, 0) is 37.1 Å². The van der Waals surface area contributed by atoms with Gasteiger partial charge in [-0.25, -0.2) is 4.98 Å². The summed E-state index contributed by atoms with van der Waals surface area (Å²) in [5.41, 5.74) is 2.84. The molecule has 0 saturated carbocycles. The smallest absolute Gasteiger partial charge is 0.253 e. The molecule has 0 radical (unpaired) electrons. The Morgan fingerprint density at radius 1 is 1.27 bits per heavy atom. The van der Waals surface area contributed by atoms with Gasteiger partial charge in [0.05, 0.1) is 10.7 Å². The number of nitrogens with zero attached hydrogens (tertiary/aromatic N) is 3. The fraction of sp³-hybridized carbons (Fsp3) is 0.522. The molecule has 1 aromatic heterocycles. The highest BCUT2D eigenvalue weighted by Gasteiger charge is 2.27. The average molecular weight is 429 g/mol. The van der Waals surface area contributed by atoms with Crippen LogP contribution in [-0.2, 0) is 11.2 Å². The van der Waals surface area contributed by atoms with Crippen molar-refractivity contribution in [2.45, 2.75) is 39.0 Å². The van der Waals surface area contributed by atoms with E-state index in [1.54, 1.807) is 11.3 Å². The van der Waals surface area contributed by atoms with Crippen molar-refractivity contribution in [1.82, 2.24) is 15.2 Å². The lowest BCUT2D eigenvalue weighted by Crippen LogP contribution is -2.39. The first kappa shape index (κ1) is 22.3. The maximum Gasteiger partial charge on any atom is 0.253 e. The molecule has 1 N–H and O–H groups in total. The van der Waals surface area contributed by atoms with E-state index in [0.717, 1.165) is 47.8 Å². The predicted molar refractivity (Wildman–Crippen MR) is 122 cm³/mol. The molecule has 1 aliphatic heterocycles. The topological polar surface area (TPSA) is 65.5 Å². The molecule has 3 rings (SSSR count). The third kappa shape index (κ3) is 5.59. The van der Waals surface area contributed by atoms with Gasteiger partial charge in [-0.3, -0.25) is 9.59 Å². The molecule has 1 saturated heterocycles. The summed E-state index contributed by atoms with van der Waals surface area (Å²) in [6, 6.07) is 7.79. The summed E-state index contributed by atoms with van der Waals surface area (Å²) < 4.78 is 0. The minimum absolute atomic E-state index is 0.000777. The van der Waals surface area contributed by atoms with Crippen LogP contribution in [0, 0.1) is 5.92 Å². The molecule has 1 atom stereocenters. The van der Waals surface area contributed by atoms with Gasteiger partial charge in [0.2, 0.25) is 5.91 Å². The van der Waals surface area contributed by atoms with Gasteiger partial charge < -0.3 is 15.1 Å². The van der Waals surface area contributed by atoms with Crippen LogP contribution in [0.3, 0.4) is 0 Å². The van der Waals surface area contributed by atoms with Crippen LogP contribution in [-0.4, -0.2) is 55.4 Å². The number of carbonyl (C=O) groups excluding carboxylic acids is 2. The van der Waals surface area contributed by atoms with Gasteiger partial charge in [-0.1, -0.05) is 13.8 Å². The van der Waals surface area contributed by atoms with Gasteiger partial charge in [0, 0.05) is 68.6 Å². The molecular formula is C23H32N4O2S. The van der Waals surface area contributed by atoms with Crippen molar-refractivity contribution in [2.24, 2.45) is 5.92 Å². The number of aromatic nitrogens is 1.